The molecule has 0 saturated heterocycles. The van der Waals surface area contributed by atoms with Gasteiger partial charge in [0.2, 0.25) is 0 Å². The lowest BCUT2D eigenvalue weighted by molar-refractivity contribution is 0.172. The standard InChI is InChI=1S/C27H26N6O3S/c34-27-21(13-20-14-24-25(15-23(20)28-27)36-11-10-35-24)16-32(17-22-7-4-12-37-22)18-26-29-30-31-33(26)9-8-19-5-2-1-3-6-19/h1-7,12-15H,8-11,16-18H2,(H,28,34). The van der Waals surface area contributed by atoms with Gasteiger partial charge in [0.1, 0.15) is 13.2 Å². The number of nitrogens with zero attached hydrogens (tertiary/aromatic N) is 5. The van der Waals surface area contributed by atoms with Crippen LogP contribution in [0.5, 0.6) is 11.5 Å². The fraction of sp³-hybridized carbons (Fsp3) is 0.259. The van der Waals surface area contributed by atoms with E-state index in [4.69, 9.17) is 9.47 Å². The van der Waals surface area contributed by atoms with Gasteiger partial charge in [0, 0.05) is 41.5 Å². The molecule has 37 heavy (non-hydrogen) atoms. The number of aromatic amines is 1. The predicted octanol–water partition coefficient (Wildman–Crippen LogP) is 3.79. The molecule has 9 nitrogen and oxygen atoms in total. The maximum atomic E-state index is 13.1. The fourth-order valence-corrected chi connectivity index (χ4v) is 5.27. The van der Waals surface area contributed by atoms with Crippen LogP contribution < -0.4 is 15.0 Å². The average molecular weight is 515 g/mol. The summed E-state index contributed by atoms with van der Waals surface area (Å²) >= 11 is 1.69. The highest BCUT2D eigenvalue weighted by Gasteiger charge is 2.18. The molecule has 0 radical (unpaired) electrons. The molecule has 0 aliphatic carbocycles. The molecule has 1 aliphatic rings. The van der Waals surface area contributed by atoms with Gasteiger partial charge in [-0.15, -0.1) is 16.4 Å². The van der Waals surface area contributed by atoms with Crippen molar-refractivity contribution in [3.63, 3.8) is 0 Å². The van der Waals surface area contributed by atoms with Gasteiger partial charge in [-0.1, -0.05) is 36.4 Å². The molecule has 0 fully saturated rings. The molecule has 5 aromatic rings. The predicted molar refractivity (Wildman–Crippen MR) is 141 cm³/mol. The number of aryl methyl sites for hydroxylation is 2. The van der Waals surface area contributed by atoms with Crippen LogP contribution in [-0.4, -0.2) is 43.3 Å². The number of rotatable bonds is 9. The van der Waals surface area contributed by atoms with Gasteiger partial charge < -0.3 is 14.5 Å². The third kappa shape index (κ3) is 5.40. The summed E-state index contributed by atoms with van der Waals surface area (Å²) in [6.07, 6.45) is 0.838. The van der Waals surface area contributed by atoms with E-state index in [1.54, 1.807) is 11.3 Å². The van der Waals surface area contributed by atoms with Crippen molar-refractivity contribution in [1.82, 2.24) is 30.1 Å². The number of tetrazole rings is 1. The molecular formula is C27H26N6O3S. The average Bonchev–Trinajstić information content (AvgIpc) is 3.59. The molecule has 0 unspecified atom stereocenters. The topological polar surface area (TPSA) is 98.2 Å². The number of benzene rings is 2. The van der Waals surface area contributed by atoms with Crippen LogP contribution in [0.15, 0.2) is 70.8 Å². The Kier molecular flexibility index (Phi) is 6.66. The minimum Gasteiger partial charge on any atom is -0.486 e. The van der Waals surface area contributed by atoms with E-state index in [9.17, 15) is 4.79 Å². The molecule has 0 bridgehead atoms. The summed E-state index contributed by atoms with van der Waals surface area (Å²) in [6.45, 7) is 3.35. The van der Waals surface area contributed by atoms with E-state index < -0.39 is 0 Å². The molecule has 0 spiro atoms. The van der Waals surface area contributed by atoms with Crippen molar-refractivity contribution in [3.8, 4) is 11.5 Å². The lowest BCUT2D eigenvalue weighted by atomic mass is 10.1. The first-order chi connectivity index (χ1) is 18.2. The highest BCUT2D eigenvalue weighted by molar-refractivity contribution is 7.09. The number of ether oxygens (including phenoxy) is 2. The van der Waals surface area contributed by atoms with Gasteiger partial charge in [0.15, 0.2) is 17.3 Å². The van der Waals surface area contributed by atoms with Crippen molar-refractivity contribution in [2.45, 2.75) is 32.6 Å². The van der Waals surface area contributed by atoms with E-state index in [1.165, 1.54) is 10.4 Å². The lowest BCUT2D eigenvalue weighted by Crippen LogP contribution is -2.28. The number of hydrogen-bond donors (Lipinski definition) is 1. The smallest absolute Gasteiger partial charge is 0.252 e. The molecule has 188 valence electrons. The summed E-state index contributed by atoms with van der Waals surface area (Å²) in [7, 11) is 0. The zero-order valence-electron chi connectivity index (χ0n) is 20.2. The second kappa shape index (κ2) is 10.5. The molecular weight excluding hydrogens is 488 g/mol. The first-order valence-electron chi connectivity index (χ1n) is 12.2. The lowest BCUT2D eigenvalue weighted by Gasteiger charge is -2.22. The van der Waals surface area contributed by atoms with Crippen LogP contribution in [-0.2, 0) is 32.6 Å². The zero-order chi connectivity index (χ0) is 25.0. The van der Waals surface area contributed by atoms with E-state index in [1.807, 2.05) is 47.1 Å². The Bertz CT molecular complexity index is 1550. The van der Waals surface area contributed by atoms with E-state index in [0.717, 1.165) is 23.1 Å². The van der Waals surface area contributed by atoms with Gasteiger partial charge in [-0.2, -0.15) is 0 Å². The number of hydrogen-bond acceptors (Lipinski definition) is 8. The molecule has 0 atom stereocenters. The van der Waals surface area contributed by atoms with Crippen LogP contribution in [0.1, 0.15) is 21.8 Å². The van der Waals surface area contributed by atoms with Crippen molar-refractivity contribution in [1.29, 1.82) is 0 Å². The molecule has 6 rings (SSSR count). The van der Waals surface area contributed by atoms with E-state index >= 15 is 0 Å². The van der Waals surface area contributed by atoms with Crippen LogP contribution in [0.25, 0.3) is 10.9 Å². The Balaban J connectivity index is 1.25. The first kappa shape index (κ1) is 23.4. The Morgan fingerprint density at radius 1 is 0.973 bits per heavy atom. The first-order valence-corrected chi connectivity index (χ1v) is 13.1. The summed E-state index contributed by atoms with van der Waals surface area (Å²) < 4.78 is 13.3. The van der Waals surface area contributed by atoms with Crippen LogP contribution in [0.3, 0.4) is 0 Å². The number of thiophene rings is 1. The van der Waals surface area contributed by atoms with Gasteiger partial charge in [-0.25, -0.2) is 4.68 Å². The van der Waals surface area contributed by atoms with Crippen LogP contribution in [0.4, 0.5) is 0 Å². The number of H-pyrrole nitrogens is 1. The summed E-state index contributed by atoms with van der Waals surface area (Å²) in [4.78, 5) is 19.5. The maximum absolute atomic E-state index is 13.1. The van der Waals surface area contributed by atoms with E-state index in [-0.39, 0.29) is 5.56 Å². The minimum absolute atomic E-state index is 0.121. The summed E-state index contributed by atoms with van der Waals surface area (Å²) in [5.41, 5.74) is 2.51. The highest BCUT2D eigenvalue weighted by atomic mass is 32.1. The van der Waals surface area contributed by atoms with Crippen molar-refractivity contribution in [3.05, 3.63) is 98.2 Å². The summed E-state index contributed by atoms with van der Waals surface area (Å²) in [5.74, 6) is 2.12. The fourth-order valence-electron chi connectivity index (χ4n) is 4.53. The Morgan fingerprint density at radius 3 is 2.62 bits per heavy atom. The Labute approximate surface area is 217 Å². The molecule has 1 N–H and O–H groups in total. The van der Waals surface area contributed by atoms with E-state index in [0.29, 0.717) is 56.5 Å². The van der Waals surface area contributed by atoms with Crippen molar-refractivity contribution in [2.75, 3.05) is 13.2 Å². The summed E-state index contributed by atoms with van der Waals surface area (Å²) in [6, 6.07) is 20.1. The van der Waals surface area contributed by atoms with Gasteiger partial charge in [-0.05, 0) is 46.0 Å². The number of pyridine rings is 1. The third-order valence-electron chi connectivity index (χ3n) is 6.36. The normalized spacial score (nSPS) is 12.9. The second-order valence-electron chi connectivity index (χ2n) is 8.99. The monoisotopic (exact) mass is 514 g/mol. The van der Waals surface area contributed by atoms with Crippen LogP contribution in [0, 0.1) is 0 Å². The van der Waals surface area contributed by atoms with Gasteiger partial charge in [-0.3, -0.25) is 9.69 Å². The number of fused-ring (bicyclic) bond motifs is 2. The molecule has 4 heterocycles. The van der Waals surface area contributed by atoms with Crippen LogP contribution in [0.2, 0.25) is 0 Å². The number of nitrogens with one attached hydrogen (secondary N) is 1. The Hall–Kier alpha value is -4.02. The minimum atomic E-state index is -0.121. The summed E-state index contributed by atoms with van der Waals surface area (Å²) in [5, 5.41) is 15.4. The van der Waals surface area contributed by atoms with Crippen LogP contribution >= 0.6 is 11.3 Å². The van der Waals surface area contributed by atoms with Gasteiger partial charge in [0.25, 0.3) is 5.56 Å². The molecule has 10 heteroatoms. The highest BCUT2D eigenvalue weighted by Crippen LogP contribution is 2.33. The maximum Gasteiger partial charge on any atom is 0.252 e. The van der Waals surface area contributed by atoms with Crippen molar-refractivity contribution >= 4 is 22.2 Å². The van der Waals surface area contributed by atoms with Gasteiger partial charge in [0.05, 0.1) is 12.1 Å². The van der Waals surface area contributed by atoms with Gasteiger partial charge >= 0.3 is 0 Å². The largest absolute Gasteiger partial charge is 0.486 e. The SMILES string of the molecule is O=c1[nH]c2cc3c(cc2cc1CN(Cc1cccs1)Cc1nnnn1CCc1ccccc1)OCCO3. The molecule has 3 aromatic heterocycles. The number of aromatic nitrogens is 5. The van der Waals surface area contributed by atoms with E-state index in [2.05, 4.69) is 49.0 Å². The molecule has 2 aromatic carbocycles. The molecule has 0 saturated carbocycles. The second-order valence-corrected chi connectivity index (χ2v) is 10.0. The van der Waals surface area contributed by atoms with Crippen molar-refractivity contribution < 1.29 is 9.47 Å². The molecule has 1 aliphatic heterocycles. The van der Waals surface area contributed by atoms with Crippen molar-refractivity contribution in [2.24, 2.45) is 0 Å². The quantitative estimate of drug-likeness (QED) is 0.320. The zero-order valence-corrected chi connectivity index (χ0v) is 21.0. The Morgan fingerprint density at radius 2 is 1.81 bits per heavy atom. The molecule has 0 amide bonds. The third-order valence-corrected chi connectivity index (χ3v) is 7.22.